The van der Waals surface area contributed by atoms with Gasteiger partial charge in [-0.15, -0.1) is 0 Å². The van der Waals surface area contributed by atoms with Crippen LogP contribution in [-0.4, -0.2) is 35.4 Å². The van der Waals surface area contributed by atoms with Crippen molar-refractivity contribution in [3.05, 3.63) is 29.3 Å². The van der Waals surface area contributed by atoms with Crippen LogP contribution in [-0.2, 0) is 22.4 Å². The highest BCUT2D eigenvalue weighted by molar-refractivity contribution is 5.96. The third-order valence-corrected chi connectivity index (χ3v) is 3.79. The first kappa shape index (κ1) is 18.3. The molecule has 6 nitrogen and oxygen atoms in total. The van der Waals surface area contributed by atoms with Crippen LogP contribution in [0.2, 0.25) is 0 Å². The Morgan fingerprint density at radius 2 is 1.96 bits per heavy atom. The number of hydrogen-bond donors (Lipinski definition) is 3. The molecule has 132 valence electrons. The predicted octanol–water partition coefficient (Wildman–Crippen LogP) is 2.39. The van der Waals surface area contributed by atoms with Gasteiger partial charge in [0, 0.05) is 12.3 Å². The highest BCUT2D eigenvalue weighted by Crippen LogP contribution is 2.25. The summed E-state index contributed by atoms with van der Waals surface area (Å²) in [4.78, 5) is 24.3. The maximum absolute atomic E-state index is 12.4. The number of aryl methyl sites for hydroxylation is 2. The van der Waals surface area contributed by atoms with Gasteiger partial charge in [0.1, 0.15) is 11.6 Å². The molecule has 2 amide bonds. The van der Waals surface area contributed by atoms with Crippen LogP contribution in [0.4, 0.5) is 10.5 Å². The molecule has 1 aliphatic carbocycles. The van der Waals surface area contributed by atoms with Gasteiger partial charge in [0.15, 0.2) is 0 Å². The lowest BCUT2D eigenvalue weighted by Gasteiger charge is -2.23. The van der Waals surface area contributed by atoms with Gasteiger partial charge in [-0.1, -0.05) is 6.07 Å². The monoisotopic (exact) mass is 334 g/mol. The van der Waals surface area contributed by atoms with E-state index < -0.39 is 17.7 Å². The molecule has 0 fully saturated rings. The number of nitrogens with one attached hydrogen (secondary N) is 2. The number of anilines is 1. The number of rotatable bonds is 5. The predicted molar refractivity (Wildman–Crippen MR) is 92.0 cm³/mol. The molecule has 0 saturated carbocycles. The Kier molecular flexibility index (Phi) is 5.83. The summed E-state index contributed by atoms with van der Waals surface area (Å²) < 4.78 is 5.16. The number of ether oxygens (including phenoxy) is 1. The van der Waals surface area contributed by atoms with Crippen molar-refractivity contribution < 1.29 is 19.4 Å². The smallest absolute Gasteiger partial charge is 0.408 e. The summed E-state index contributed by atoms with van der Waals surface area (Å²) in [5.41, 5.74) is 2.64. The molecule has 2 rings (SSSR count). The summed E-state index contributed by atoms with van der Waals surface area (Å²) in [5.74, 6) is -0.368. The van der Waals surface area contributed by atoms with E-state index in [-0.39, 0.29) is 18.9 Å². The van der Waals surface area contributed by atoms with Gasteiger partial charge in [-0.25, -0.2) is 4.79 Å². The molecular formula is C18H26N2O4. The molecule has 0 bridgehead atoms. The normalized spacial score (nSPS) is 14.7. The number of aliphatic hydroxyl groups is 1. The second kappa shape index (κ2) is 7.66. The molecule has 0 unspecified atom stereocenters. The average Bonchev–Trinajstić information content (AvgIpc) is 2.92. The van der Waals surface area contributed by atoms with Gasteiger partial charge in [-0.2, -0.15) is 0 Å². The van der Waals surface area contributed by atoms with Crippen LogP contribution in [0.25, 0.3) is 0 Å². The van der Waals surface area contributed by atoms with Crippen LogP contribution in [0.1, 0.15) is 44.7 Å². The van der Waals surface area contributed by atoms with Crippen LogP contribution >= 0.6 is 0 Å². The molecule has 1 aromatic rings. The molecule has 24 heavy (non-hydrogen) atoms. The third-order valence-electron chi connectivity index (χ3n) is 3.79. The Hall–Kier alpha value is -2.08. The van der Waals surface area contributed by atoms with E-state index in [0.717, 1.165) is 19.3 Å². The van der Waals surface area contributed by atoms with E-state index >= 15 is 0 Å². The zero-order chi connectivity index (χ0) is 17.7. The van der Waals surface area contributed by atoms with E-state index in [9.17, 15) is 9.59 Å². The van der Waals surface area contributed by atoms with Crippen molar-refractivity contribution >= 4 is 17.7 Å². The first-order chi connectivity index (χ1) is 11.3. The molecule has 0 radical (unpaired) electrons. The number of aliphatic hydroxyl groups excluding tert-OH is 1. The zero-order valence-corrected chi connectivity index (χ0v) is 14.5. The van der Waals surface area contributed by atoms with Crippen LogP contribution in [0.5, 0.6) is 0 Å². The summed E-state index contributed by atoms with van der Waals surface area (Å²) in [6.45, 7) is 5.03. The number of benzene rings is 1. The van der Waals surface area contributed by atoms with E-state index in [1.807, 2.05) is 18.2 Å². The van der Waals surface area contributed by atoms with Crippen molar-refractivity contribution in [1.82, 2.24) is 5.32 Å². The van der Waals surface area contributed by atoms with Crippen molar-refractivity contribution in [2.24, 2.45) is 0 Å². The Morgan fingerprint density at radius 3 is 2.62 bits per heavy atom. The third kappa shape index (κ3) is 5.23. The first-order valence-electron chi connectivity index (χ1n) is 8.31. The molecule has 0 heterocycles. The second-order valence-electron chi connectivity index (χ2n) is 7.04. The van der Waals surface area contributed by atoms with Gasteiger partial charge in [0.25, 0.3) is 0 Å². The summed E-state index contributed by atoms with van der Waals surface area (Å²) in [5, 5.41) is 14.5. The van der Waals surface area contributed by atoms with Crippen molar-refractivity contribution in [2.75, 3.05) is 11.9 Å². The molecule has 0 spiro atoms. The lowest BCUT2D eigenvalue weighted by Crippen LogP contribution is -2.46. The molecule has 1 aliphatic rings. The molecule has 3 N–H and O–H groups in total. The number of hydrogen-bond acceptors (Lipinski definition) is 4. The van der Waals surface area contributed by atoms with E-state index in [4.69, 9.17) is 9.84 Å². The van der Waals surface area contributed by atoms with Crippen molar-refractivity contribution in [3.63, 3.8) is 0 Å². The van der Waals surface area contributed by atoms with Crippen LogP contribution in [0.15, 0.2) is 18.2 Å². The molecule has 0 aliphatic heterocycles. The quantitative estimate of drug-likeness (QED) is 0.771. The van der Waals surface area contributed by atoms with Crippen LogP contribution in [0.3, 0.4) is 0 Å². The maximum Gasteiger partial charge on any atom is 0.408 e. The van der Waals surface area contributed by atoms with Gasteiger partial charge in [-0.3, -0.25) is 4.79 Å². The topological polar surface area (TPSA) is 87.7 Å². The number of carbonyl (C=O) groups excluding carboxylic acids is 2. The Labute approximate surface area is 142 Å². The average molecular weight is 334 g/mol. The maximum atomic E-state index is 12.4. The lowest BCUT2D eigenvalue weighted by molar-refractivity contribution is -0.118. The van der Waals surface area contributed by atoms with Gasteiger partial charge >= 0.3 is 6.09 Å². The largest absolute Gasteiger partial charge is 0.444 e. The standard InChI is InChI=1S/C18H26N2O4/c1-18(2,3)24-17(23)20-15(9-10-21)16(22)19-14-8-7-12-5-4-6-13(12)11-14/h7-8,11,15,21H,4-6,9-10H2,1-3H3,(H,19,22)(H,20,23)/t15-/m0/s1. The Morgan fingerprint density at radius 1 is 1.25 bits per heavy atom. The summed E-state index contributed by atoms with van der Waals surface area (Å²) in [6.07, 6.45) is 2.69. The highest BCUT2D eigenvalue weighted by Gasteiger charge is 2.24. The Balaban J connectivity index is 1.99. The minimum Gasteiger partial charge on any atom is -0.444 e. The summed E-state index contributed by atoms with van der Waals surface area (Å²) in [7, 11) is 0. The van der Waals surface area contributed by atoms with Crippen LogP contribution < -0.4 is 10.6 Å². The number of alkyl carbamates (subject to hydrolysis) is 1. The van der Waals surface area contributed by atoms with Gasteiger partial charge in [0.05, 0.1) is 0 Å². The Bertz CT molecular complexity index is 608. The van der Waals surface area contributed by atoms with Crippen LogP contribution in [0, 0.1) is 0 Å². The number of carbonyl (C=O) groups is 2. The van der Waals surface area contributed by atoms with Crippen molar-refractivity contribution in [2.45, 2.75) is 58.1 Å². The minimum atomic E-state index is -0.849. The van der Waals surface area contributed by atoms with Crippen molar-refractivity contribution in [3.8, 4) is 0 Å². The fraction of sp³-hybridized carbons (Fsp3) is 0.556. The molecule has 6 heteroatoms. The fourth-order valence-electron chi connectivity index (χ4n) is 2.73. The summed E-state index contributed by atoms with van der Waals surface area (Å²) >= 11 is 0. The van der Waals surface area contributed by atoms with Gasteiger partial charge in [-0.05, 0) is 69.7 Å². The zero-order valence-electron chi connectivity index (χ0n) is 14.5. The molecule has 1 atom stereocenters. The number of fused-ring (bicyclic) bond motifs is 1. The van der Waals surface area contributed by atoms with E-state index in [1.54, 1.807) is 20.8 Å². The highest BCUT2D eigenvalue weighted by atomic mass is 16.6. The second-order valence-corrected chi connectivity index (χ2v) is 7.04. The lowest BCUT2D eigenvalue weighted by atomic mass is 10.1. The van der Waals surface area contributed by atoms with Gasteiger partial charge < -0.3 is 20.5 Å². The molecular weight excluding hydrogens is 308 g/mol. The fourth-order valence-corrected chi connectivity index (χ4v) is 2.73. The van der Waals surface area contributed by atoms with Gasteiger partial charge in [0.2, 0.25) is 5.91 Å². The van der Waals surface area contributed by atoms with E-state index in [1.165, 1.54) is 11.1 Å². The number of amides is 2. The molecule has 1 aromatic carbocycles. The minimum absolute atomic E-state index is 0.121. The first-order valence-corrected chi connectivity index (χ1v) is 8.31. The van der Waals surface area contributed by atoms with E-state index in [2.05, 4.69) is 10.6 Å². The SMILES string of the molecule is CC(C)(C)OC(=O)N[C@@H](CCO)C(=O)Nc1ccc2c(c1)CCC2. The molecule has 0 saturated heterocycles. The summed E-state index contributed by atoms with van der Waals surface area (Å²) in [6, 6.07) is 5.02. The molecule has 0 aromatic heterocycles. The van der Waals surface area contributed by atoms with E-state index in [0.29, 0.717) is 5.69 Å². The van der Waals surface area contributed by atoms with Crippen molar-refractivity contribution in [1.29, 1.82) is 0 Å².